The number of halogens is 1. The van der Waals surface area contributed by atoms with E-state index in [1.54, 1.807) is 12.3 Å². The number of pyridine rings is 1. The number of hydrogen-bond acceptors (Lipinski definition) is 2. The van der Waals surface area contributed by atoms with Crippen LogP contribution >= 0.6 is 11.6 Å². The van der Waals surface area contributed by atoms with Crippen molar-refractivity contribution < 1.29 is 4.79 Å². The zero-order valence-corrected chi connectivity index (χ0v) is 14.8. The first-order valence-electron chi connectivity index (χ1n) is 8.82. The number of carbonyl (C=O) groups excluding carboxylic acids is 1. The number of likely N-dealkylation sites (tertiary alicyclic amines) is 1. The van der Waals surface area contributed by atoms with E-state index in [0.717, 1.165) is 49.9 Å². The Kier molecular flexibility index (Phi) is 4.16. The number of aromatic amines is 1. The fraction of sp³-hybridized carbons (Fsp3) is 0.400. The molecule has 1 saturated carbocycles. The van der Waals surface area contributed by atoms with E-state index in [1.807, 2.05) is 35.2 Å². The van der Waals surface area contributed by atoms with Crippen molar-refractivity contribution in [3.63, 3.8) is 0 Å². The van der Waals surface area contributed by atoms with Crippen molar-refractivity contribution in [2.45, 2.75) is 37.0 Å². The number of nitrogens with one attached hydrogen (secondary N) is 1. The summed E-state index contributed by atoms with van der Waals surface area (Å²) in [4.78, 5) is 29.3. The van der Waals surface area contributed by atoms with Crippen LogP contribution in [0.5, 0.6) is 0 Å². The Morgan fingerprint density at radius 3 is 2.40 bits per heavy atom. The molecule has 1 aliphatic carbocycles. The van der Waals surface area contributed by atoms with Gasteiger partial charge in [-0.3, -0.25) is 9.59 Å². The molecule has 2 aromatic rings. The summed E-state index contributed by atoms with van der Waals surface area (Å²) >= 11 is 5.98. The molecule has 1 saturated heterocycles. The molecular formula is C20H21ClN2O2. The van der Waals surface area contributed by atoms with E-state index in [0.29, 0.717) is 10.9 Å². The molecule has 0 spiro atoms. The van der Waals surface area contributed by atoms with Gasteiger partial charge in [0.1, 0.15) is 0 Å². The molecule has 1 aromatic heterocycles. The second-order valence-corrected chi connectivity index (χ2v) is 7.58. The van der Waals surface area contributed by atoms with Gasteiger partial charge in [0.25, 0.3) is 0 Å². The fourth-order valence-corrected chi connectivity index (χ4v) is 4.08. The third-order valence-electron chi connectivity index (χ3n) is 5.61. The van der Waals surface area contributed by atoms with E-state index in [1.165, 1.54) is 0 Å². The fourth-order valence-electron chi connectivity index (χ4n) is 3.95. The summed E-state index contributed by atoms with van der Waals surface area (Å²) in [7, 11) is 0. The highest BCUT2D eigenvalue weighted by Crippen LogP contribution is 2.50. The van der Waals surface area contributed by atoms with Crippen LogP contribution in [0, 0.1) is 0 Å². The Hall–Kier alpha value is -2.07. The average Bonchev–Trinajstić information content (AvgIpc) is 3.44. The Morgan fingerprint density at radius 1 is 1.12 bits per heavy atom. The second-order valence-electron chi connectivity index (χ2n) is 7.14. The predicted molar refractivity (Wildman–Crippen MR) is 98.0 cm³/mol. The summed E-state index contributed by atoms with van der Waals surface area (Å²) in [6.07, 6.45) is 5.36. The zero-order valence-electron chi connectivity index (χ0n) is 14.0. The van der Waals surface area contributed by atoms with E-state index < -0.39 is 0 Å². The van der Waals surface area contributed by atoms with Crippen LogP contribution in [0.15, 0.2) is 47.4 Å². The smallest absolute Gasteiger partial charge is 0.248 e. The molecule has 2 aliphatic rings. The van der Waals surface area contributed by atoms with E-state index in [2.05, 4.69) is 4.98 Å². The molecule has 5 heteroatoms. The summed E-state index contributed by atoms with van der Waals surface area (Å²) in [5.74, 6) is 0.608. The van der Waals surface area contributed by atoms with Crippen molar-refractivity contribution in [3.8, 4) is 0 Å². The van der Waals surface area contributed by atoms with Gasteiger partial charge in [-0.25, -0.2) is 0 Å². The van der Waals surface area contributed by atoms with Crippen LogP contribution in [0.2, 0.25) is 5.02 Å². The Labute approximate surface area is 151 Å². The summed E-state index contributed by atoms with van der Waals surface area (Å²) in [5.41, 5.74) is 1.77. The van der Waals surface area contributed by atoms with Crippen LogP contribution in [-0.4, -0.2) is 28.9 Å². The summed E-state index contributed by atoms with van der Waals surface area (Å²) in [6, 6.07) is 11.3. The number of rotatable bonds is 3. The number of hydrogen-bond donors (Lipinski definition) is 1. The van der Waals surface area contributed by atoms with Gasteiger partial charge in [-0.1, -0.05) is 23.7 Å². The van der Waals surface area contributed by atoms with Crippen molar-refractivity contribution in [1.29, 1.82) is 0 Å². The lowest BCUT2D eigenvalue weighted by Crippen LogP contribution is -2.43. The van der Waals surface area contributed by atoms with E-state index >= 15 is 0 Å². The lowest BCUT2D eigenvalue weighted by molar-refractivity contribution is -0.135. The topological polar surface area (TPSA) is 53.2 Å². The Balaban J connectivity index is 1.45. The third-order valence-corrected chi connectivity index (χ3v) is 5.86. The van der Waals surface area contributed by atoms with Gasteiger partial charge < -0.3 is 9.88 Å². The number of aromatic nitrogens is 1. The molecule has 25 heavy (non-hydrogen) atoms. The molecule has 0 unspecified atom stereocenters. The van der Waals surface area contributed by atoms with Gasteiger partial charge in [0.15, 0.2) is 0 Å². The molecule has 2 fully saturated rings. The molecule has 1 aliphatic heterocycles. The van der Waals surface area contributed by atoms with Crippen LogP contribution in [0.4, 0.5) is 0 Å². The summed E-state index contributed by atoms with van der Waals surface area (Å²) < 4.78 is 0. The average molecular weight is 357 g/mol. The summed E-state index contributed by atoms with van der Waals surface area (Å²) in [5, 5.41) is 0.700. The van der Waals surface area contributed by atoms with Gasteiger partial charge in [0.2, 0.25) is 11.5 Å². The van der Waals surface area contributed by atoms with Gasteiger partial charge in [-0.05, 0) is 60.9 Å². The maximum atomic E-state index is 13.1. The van der Waals surface area contributed by atoms with Gasteiger partial charge in [0, 0.05) is 30.4 Å². The molecule has 1 aromatic carbocycles. The van der Waals surface area contributed by atoms with Crippen molar-refractivity contribution in [1.82, 2.24) is 9.88 Å². The van der Waals surface area contributed by atoms with Gasteiger partial charge >= 0.3 is 0 Å². The predicted octanol–water partition coefficient (Wildman–Crippen LogP) is 3.47. The molecule has 4 nitrogen and oxygen atoms in total. The molecule has 130 valence electrons. The first-order valence-corrected chi connectivity index (χ1v) is 9.20. The molecule has 0 bridgehead atoms. The van der Waals surface area contributed by atoms with Crippen molar-refractivity contribution >= 4 is 17.5 Å². The largest absolute Gasteiger partial charge is 0.342 e. The first-order chi connectivity index (χ1) is 12.1. The lowest BCUT2D eigenvalue weighted by atomic mass is 9.88. The van der Waals surface area contributed by atoms with Crippen molar-refractivity contribution in [2.24, 2.45) is 0 Å². The second kappa shape index (κ2) is 6.34. The van der Waals surface area contributed by atoms with E-state index in [4.69, 9.17) is 11.6 Å². The van der Waals surface area contributed by atoms with Crippen LogP contribution in [0.25, 0.3) is 0 Å². The quantitative estimate of drug-likeness (QED) is 0.915. The van der Waals surface area contributed by atoms with E-state index in [9.17, 15) is 9.59 Å². The molecular weight excluding hydrogens is 336 g/mol. The molecule has 1 N–H and O–H groups in total. The normalized spacial score (nSPS) is 19.6. The van der Waals surface area contributed by atoms with Crippen LogP contribution in [-0.2, 0) is 10.2 Å². The number of H-pyrrole nitrogens is 1. The van der Waals surface area contributed by atoms with Crippen LogP contribution < -0.4 is 5.56 Å². The molecule has 0 atom stereocenters. The first kappa shape index (κ1) is 16.4. The highest BCUT2D eigenvalue weighted by Gasteiger charge is 2.53. The standard InChI is InChI=1S/C20H21ClN2O2/c21-17-3-1-16(2-4-17)20(8-9-20)19(25)23-11-6-14(7-12-23)15-5-10-22-18(24)13-15/h1-5,10,13-14H,6-9,11-12H2,(H,22,24). The van der Waals surface area contributed by atoms with Crippen molar-refractivity contribution in [2.75, 3.05) is 13.1 Å². The maximum Gasteiger partial charge on any atom is 0.248 e. The molecule has 4 rings (SSSR count). The number of piperidine rings is 1. The number of carbonyl (C=O) groups is 1. The minimum absolute atomic E-state index is 0.0596. The zero-order chi connectivity index (χ0) is 17.4. The Morgan fingerprint density at radius 2 is 1.80 bits per heavy atom. The highest BCUT2D eigenvalue weighted by atomic mass is 35.5. The third kappa shape index (κ3) is 3.11. The number of nitrogens with zero attached hydrogens (tertiary/aromatic N) is 1. The molecule has 1 amide bonds. The highest BCUT2D eigenvalue weighted by molar-refractivity contribution is 6.30. The van der Waals surface area contributed by atoms with Gasteiger partial charge in [-0.15, -0.1) is 0 Å². The van der Waals surface area contributed by atoms with Gasteiger partial charge in [-0.2, -0.15) is 0 Å². The maximum absolute atomic E-state index is 13.1. The van der Waals surface area contributed by atoms with E-state index in [-0.39, 0.29) is 16.9 Å². The number of amides is 1. The lowest BCUT2D eigenvalue weighted by Gasteiger charge is -2.34. The van der Waals surface area contributed by atoms with Crippen LogP contribution in [0.3, 0.4) is 0 Å². The monoisotopic (exact) mass is 356 g/mol. The van der Waals surface area contributed by atoms with Crippen molar-refractivity contribution in [3.05, 3.63) is 69.1 Å². The minimum Gasteiger partial charge on any atom is -0.342 e. The SMILES string of the molecule is O=C(N1CCC(c2cc[nH]c(=O)c2)CC1)C1(c2ccc(Cl)cc2)CC1. The molecule has 0 radical (unpaired) electrons. The number of benzene rings is 1. The van der Waals surface area contributed by atoms with Crippen LogP contribution in [0.1, 0.15) is 42.7 Å². The minimum atomic E-state index is -0.332. The van der Waals surface area contributed by atoms with Gasteiger partial charge in [0.05, 0.1) is 5.41 Å². The summed E-state index contributed by atoms with van der Waals surface area (Å²) in [6.45, 7) is 1.51. The Bertz CT molecular complexity index is 831. The molecule has 2 heterocycles.